The molecule has 3 aliphatic rings. The van der Waals surface area contributed by atoms with Crippen LogP contribution >= 0.6 is 34.8 Å². The summed E-state index contributed by atoms with van der Waals surface area (Å²) in [5.74, 6) is 0.560. The van der Waals surface area contributed by atoms with Crippen LogP contribution in [0.15, 0.2) is 66.2 Å². The third kappa shape index (κ3) is 8.67. The van der Waals surface area contributed by atoms with Crippen molar-refractivity contribution in [2.45, 2.75) is 101 Å². The first-order valence-electron chi connectivity index (χ1n) is 18.1. The summed E-state index contributed by atoms with van der Waals surface area (Å²) in [5.41, 5.74) is 4.52. The smallest absolute Gasteiger partial charge is 0.416 e. The number of amides is 2. The Labute approximate surface area is 329 Å². The molecule has 0 spiro atoms. The molecule has 2 aliphatic heterocycles. The van der Waals surface area contributed by atoms with Gasteiger partial charge in [0.25, 0.3) is 5.91 Å². The minimum absolute atomic E-state index is 0.0165. The number of ether oxygens (including phenoxy) is 2. The van der Waals surface area contributed by atoms with E-state index >= 15 is 0 Å². The number of halogens is 6. The molecule has 6 rings (SSSR count). The number of nitrogens with one attached hydrogen (secondary N) is 1. The molecular weight excluding hydrogens is 762 g/mol. The van der Waals surface area contributed by atoms with Gasteiger partial charge in [-0.25, -0.2) is 4.79 Å². The van der Waals surface area contributed by atoms with Gasteiger partial charge in [0.2, 0.25) is 3.79 Å². The fourth-order valence-corrected chi connectivity index (χ4v) is 7.30. The van der Waals surface area contributed by atoms with Gasteiger partial charge in [0.15, 0.2) is 5.60 Å². The van der Waals surface area contributed by atoms with E-state index in [1.165, 1.54) is 25.5 Å². The van der Waals surface area contributed by atoms with Crippen LogP contribution in [0.3, 0.4) is 0 Å². The Morgan fingerprint density at radius 2 is 1.61 bits per heavy atom. The highest BCUT2D eigenvalue weighted by Gasteiger charge is 2.50. The second-order valence-corrected chi connectivity index (χ2v) is 17.3. The average Bonchev–Trinajstić information content (AvgIpc) is 3.95. The summed E-state index contributed by atoms with van der Waals surface area (Å²) in [5, 5.41) is 3.36. The zero-order valence-electron chi connectivity index (χ0n) is 31.0. The number of benzene rings is 3. The van der Waals surface area contributed by atoms with Gasteiger partial charge in [-0.1, -0.05) is 83.3 Å². The largest absolute Gasteiger partial charge is 0.493 e. The van der Waals surface area contributed by atoms with E-state index in [1.807, 2.05) is 31.2 Å². The minimum Gasteiger partial charge on any atom is -0.493 e. The molecule has 2 fully saturated rings. The van der Waals surface area contributed by atoms with Crippen molar-refractivity contribution >= 4 is 52.4 Å². The monoisotopic (exact) mass is 805 g/mol. The first-order chi connectivity index (χ1) is 25.4. The van der Waals surface area contributed by atoms with Crippen LogP contribution in [-0.4, -0.2) is 69.0 Å². The van der Waals surface area contributed by atoms with E-state index in [1.54, 1.807) is 15.9 Å². The molecule has 13 heteroatoms. The number of alkyl halides is 6. The summed E-state index contributed by atoms with van der Waals surface area (Å²) in [6, 6.07) is 15.9. The fourth-order valence-electron chi connectivity index (χ4n) is 7.19. The highest BCUT2D eigenvalue weighted by Crippen LogP contribution is 2.44. The highest BCUT2D eigenvalue weighted by atomic mass is 35.6. The number of rotatable bonds is 10. The third-order valence-corrected chi connectivity index (χ3v) is 12.0. The molecule has 7 nitrogen and oxygen atoms in total. The molecule has 1 aliphatic carbocycles. The van der Waals surface area contributed by atoms with Crippen molar-refractivity contribution in [2.24, 2.45) is 0 Å². The minimum atomic E-state index is -4.52. The lowest BCUT2D eigenvalue weighted by Crippen LogP contribution is -2.64. The summed E-state index contributed by atoms with van der Waals surface area (Å²) >= 11 is 18.5. The second-order valence-electron chi connectivity index (χ2n) is 15.0. The Kier molecular flexibility index (Phi) is 11.6. The molecule has 2 unspecified atom stereocenters. The molecule has 3 aromatic rings. The van der Waals surface area contributed by atoms with Crippen LogP contribution in [0.25, 0.3) is 5.57 Å². The summed E-state index contributed by atoms with van der Waals surface area (Å²) in [4.78, 5) is 32.1. The maximum absolute atomic E-state index is 14.9. The van der Waals surface area contributed by atoms with Crippen LogP contribution in [0.1, 0.15) is 72.1 Å². The van der Waals surface area contributed by atoms with Crippen LogP contribution in [-0.2, 0) is 28.7 Å². The first-order valence-corrected chi connectivity index (χ1v) is 19.3. The number of hydrogen-bond donors (Lipinski definition) is 1. The zero-order valence-corrected chi connectivity index (χ0v) is 33.2. The zero-order chi connectivity index (χ0) is 39.2. The van der Waals surface area contributed by atoms with E-state index in [2.05, 4.69) is 31.3 Å². The number of fused-ring (bicyclic) bond motifs is 2. The normalized spacial score (nSPS) is 19.1. The molecule has 1 saturated carbocycles. The number of nitrogens with zero attached hydrogens (tertiary/aromatic N) is 2. The number of aryl methyl sites for hydroxylation is 2. The molecule has 2 bridgehead atoms. The van der Waals surface area contributed by atoms with Crippen molar-refractivity contribution in [2.75, 3.05) is 19.7 Å². The van der Waals surface area contributed by atoms with Gasteiger partial charge in [0, 0.05) is 37.7 Å². The van der Waals surface area contributed by atoms with Gasteiger partial charge in [-0.3, -0.25) is 9.69 Å². The Bertz CT molecular complexity index is 1920. The van der Waals surface area contributed by atoms with Gasteiger partial charge in [-0.2, -0.15) is 13.2 Å². The van der Waals surface area contributed by atoms with Gasteiger partial charge in [-0.15, -0.1) is 0 Å². The molecule has 2 atom stereocenters. The summed E-state index contributed by atoms with van der Waals surface area (Å²) < 4.78 is 51.1. The molecule has 1 N–H and O–H groups in total. The van der Waals surface area contributed by atoms with E-state index in [-0.39, 0.29) is 31.1 Å². The van der Waals surface area contributed by atoms with Crippen molar-refractivity contribution in [1.29, 1.82) is 0 Å². The van der Waals surface area contributed by atoms with Gasteiger partial charge < -0.3 is 19.7 Å². The van der Waals surface area contributed by atoms with Crippen molar-refractivity contribution in [3.8, 4) is 5.75 Å². The maximum atomic E-state index is 14.9. The number of hydrogen-bond acceptors (Lipinski definition) is 5. The fraction of sp³-hybridized carbons (Fsp3) is 0.463. The molecule has 0 radical (unpaired) electrons. The molecule has 2 amide bonds. The molecule has 54 heavy (non-hydrogen) atoms. The van der Waals surface area contributed by atoms with E-state index in [0.29, 0.717) is 37.1 Å². The topological polar surface area (TPSA) is 71.1 Å². The molecule has 0 aromatic heterocycles. The number of piperazine rings is 1. The lowest BCUT2D eigenvalue weighted by Gasteiger charge is -2.48. The van der Waals surface area contributed by atoms with Crippen molar-refractivity contribution in [1.82, 2.24) is 15.1 Å². The Hall–Kier alpha value is -3.44. The van der Waals surface area contributed by atoms with Gasteiger partial charge in [0.05, 0.1) is 24.3 Å². The predicted octanol–water partition coefficient (Wildman–Crippen LogP) is 9.53. The highest BCUT2D eigenvalue weighted by molar-refractivity contribution is 6.68. The quantitative estimate of drug-likeness (QED) is 0.207. The lowest BCUT2D eigenvalue weighted by atomic mass is 9.81. The standard InChI is InChI=1S/C41H45Cl3F3N3O4/c1-24-9-10-25(2)36(26(24)3)53-18-17-27-11-13-29(14-12-27)33-20-32-21-48-22-34(50(32)38(52)54-39(4,5)41(42,43)44)35(33)37(51)49(31-15-16-31)23-28-7-6-8-30(19-28)40(45,46)47/h6-14,19,31-32,34,48H,15-18,20-23H2,1-5H3. The Morgan fingerprint density at radius 3 is 2.26 bits per heavy atom. The third-order valence-electron chi connectivity index (χ3n) is 10.7. The summed E-state index contributed by atoms with van der Waals surface area (Å²) in [6.07, 6.45) is -2.81. The van der Waals surface area contributed by atoms with Gasteiger partial charge in [0.1, 0.15) is 5.75 Å². The number of carbonyl (C=O) groups excluding carboxylic acids is 2. The molecule has 1 saturated heterocycles. The van der Waals surface area contributed by atoms with Crippen LogP contribution in [0, 0.1) is 20.8 Å². The lowest BCUT2D eigenvalue weighted by molar-refractivity contribution is -0.137. The average molecular weight is 807 g/mol. The Morgan fingerprint density at radius 1 is 0.926 bits per heavy atom. The van der Waals surface area contributed by atoms with E-state index in [4.69, 9.17) is 44.3 Å². The first kappa shape index (κ1) is 40.2. The molecule has 290 valence electrons. The molecule has 3 aromatic carbocycles. The van der Waals surface area contributed by atoms with Gasteiger partial charge in [-0.05, 0) is 105 Å². The van der Waals surface area contributed by atoms with Crippen LogP contribution in [0.2, 0.25) is 0 Å². The summed E-state index contributed by atoms with van der Waals surface area (Å²) in [7, 11) is 0. The summed E-state index contributed by atoms with van der Waals surface area (Å²) in [6.45, 7) is 10.3. The maximum Gasteiger partial charge on any atom is 0.416 e. The van der Waals surface area contributed by atoms with Gasteiger partial charge >= 0.3 is 12.3 Å². The molecule has 2 heterocycles. The van der Waals surface area contributed by atoms with E-state index < -0.39 is 33.3 Å². The Balaban J connectivity index is 1.34. The SMILES string of the molecule is Cc1ccc(C)c(OCCc2ccc(C3=C(C(=O)N(Cc4cccc(C(F)(F)F)c4)C4CC4)C4CNCC(C3)N4C(=O)OC(C)(C)C(Cl)(Cl)Cl)cc2)c1C. The van der Waals surface area contributed by atoms with Crippen molar-refractivity contribution in [3.63, 3.8) is 0 Å². The second kappa shape index (κ2) is 15.6. The van der Waals surface area contributed by atoms with Crippen molar-refractivity contribution < 1.29 is 32.2 Å². The predicted molar refractivity (Wildman–Crippen MR) is 206 cm³/mol. The van der Waals surface area contributed by atoms with E-state index in [0.717, 1.165) is 58.6 Å². The van der Waals surface area contributed by atoms with Crippen molar-refractivity contribution in [3.05, 3.63) is 105 Å². The van der Waals surface area contributed by atoms with Crippen LogP contribution in [0.4, 0.5) is 18.0 Å². The molecular formula is C41H45Cl3F3N3O4. The van der Waals surface area contributed by atoms with Crippen LogP contribution < -0.4 is 10.1 Å². The van der Waals surface area contributed by atoms with E-state index in [9.17, 15) is 22.8 Å². The number of carbonyl (C=O) groups is 2. The van der Waals surface area contributed by atoms with Crippen LogP contribution in [0.5, 0.6) is 5.75 Å².